The number of nitriles is 1. The van der Waals surface area contributed by atoms with E-state index in [2.05, 4.69) is 18.8 Å². The third-order valence-corrected chi connectivity index (χ3v) is 6.08. The van der Waals surface area contributed by atoms with Crippen LogP contribution in [0.3, 0.4) is 0 Å². The standard InChI is InChI=1S/C23H26N4O2S/c1-4-17-9-8-10-18(5-2)21(17)27(16(3)28)23-25-20(15-30-23)13-19(14-24)22(29)26-11-6-7-12-26/h8-10,13,15H,4-7,11-12H2,1-3H3. The summed E-state index contributed by atoms with van der Waals surface area (Å²) < 4.78 is 0. The zero-order chi connectivity index (χ0) is 21.7. The lowest BCUT2D eigenvalue weighted by atomic mass is 10.0. The van der Waals surface area contributed by atoms with Crippen molar-refractivity contribution in [1.29, 1.82) is 5.26 Å². The van der Waals surface area contributed by atoms with Crippen LogP contribution >= 0.6 is 11.3 Å². The lowest BCUT2D eigenvalue weighted by molar-refractivity contribution is -0.125. The first-order chi connectivity index (χ1) is 14.5. The van der Waals surface area contributed by atoms with Crippen molar-refractivity contribution in [3.05, 3.63) is 46.0 Å². The Hall–Kier alpha value is -2.98. The maximum absolute atomic E-state index is 12.6. The molecular weight excluding hydrogens is 396 g/mol. The van der Waals surface area contributed by atoms with Crippen LogP contribution in [0.1, 0.15) is 50.4 Å². The molecule has 1 aliphatic rings. The van der Waals surface area contributed by atoms with Crippen molar-refractivity contribution in [2.24, 2.45) is 0 Å². The normalized spacial score (nSPS) is 13.9. The molecule has 7 heteroatoms. The monoisotopic (exact) mass is 422 g/mol. The fourth-order valence-electron chi connectivity index (χ4n) is 3.72. The number of carbonyl (C=O) groups is 2. The molecule has 30 heavy (non-hydrogen) atoms. The molecule has 1 aromatic carbocycles. The highest BCUT2D eigenvalue weighted by molar-refractivity contribution is 7.14. The molecule has 0 N–H and O–H groups in total. The minimum atomic E-state index is -0.252. The summed E-state index contributed by atoms with van der Waals surface area (Å²) in [7, 11) is 0. The molecule has 1 aliphatic heterocycles. The van der Waals surface area contributed by atoms with Gasteiger partial charge in [-0.05, 0) is 42.9 Å². The Morgan fingerprint density at radius 1 is 1.23 bits per heavy atom. The minimum absolute atomic E-state index is 0.0753. The number of likely N-dealkylation sites (tertiary alicyclic amines) is 1. The Labute approximate surface area is 181 Å². The Morgan fingerprint density at radius 3 is 2.40 bits per heavy atom. The third kappa shape index (κ3) is 4.44. The van der Waals surface area contributed by atoms with E-state index in [1.54, 1.807) is 15.2 Å². The summed E-state index contributed by atoms with van der Waals surface area (Å²) in [5.74, 6) is -0.373. The fourth-order valence-corrected chi connectivity index (χ4v) is 4.55. The Balaban J connectivity index is 1.98. The van der Waals surface area contributed by atoms with Gasteiger partial charge in [0, 0.05) is 25.4 Å². The largest absolute Gasteiger partial charge is 0.338 e. The molecule has 0 atom stereocenters. The molecule has 2 heterocycles. The quantitative estimate of drug-likeness (QED) is 0.508. The van der Waals surface area contributed by atoms with E-state index in [1.807, 2.05) is 24.3 Å². The number of hydrogen-bond donors (Lipinski definition) is 0. The van der Waals surface area contributed by atoms with E-state index < -0.39 is 0 Å². The molecule has 156 valence electrons. The number of hydrogen-bond acceptors (Lipinski definition) is 5. The van der Waals surface area contributed by atoms with Crippen LogP contribution in [-0.4, -0.2) is 34.8 Å². The summed E-state index contributed by atoms with van der Waals surface area (Å²) in [4.78, 5) is 33.1. The van der Waals surface area contributed by atoms with Crippen molar-refractivity contribution in [2.45, 2.75) is 46.5 Å². The average molecular weight is 423 g/mol. The van der Waals surface area contributed by atoms with Gasteiger partial charge in [0.05, 0.1) is 11.4 Å². The van der Waals surface area contributed by atoms with Gasteiger partial charge >= 0.3 is 0 Å². The van der Waals surface area contributed by atoms with Crippen molar-refractivity contribution in [3.63, 3.8) is 0 Å². The smallest absolute Gasteiger partial charge is 0.264 e. The second kappa shape index (κ2) is 9.68. The number of aromatic nitrogens is 1. The minimum Gasteiger partial charge on any atom is -0.338 e. The molecule has 0 saturated carbocycles. The highest BCUT2D eigenvalue weighted by atomic mass is 32.1. The second-order valence-electron chi connectivity index (χ2n) is 7.21. The predicted molar refractivity (Wildman–Crippen MR) is 120 cm³/mol. The first-order valence-corrected chi connectivity index (χ1v) is 11.2. The Morgan fingerprint density at radius 2 is 1.87 bits per heavy atom. The van der Waals surface area contributed by atoms with Crippen molar-refractivity contribution in [1.82, 2.24) is 9.88 Å². The molecule has 1 saturated heterocycles. The zero-order valence-corrected chi connectivity index (χ0v) is 18.5. The summed E-state index contributed by atoms with van der Waals surface area (Å²) in [6, 6.07) is 8.08. The summed E-state index contributed by atoms with van der Waals surface area (Å²) >= 11 is 1.33. The lowest BCUT2D eigenvalue weighted by Gasteiger charge is -2.24. The van der Waals surface area contributed by atoms with E-state index in [4.69, 9.17) is 0 Å². The van der Waals surface area contributed by atoms with Crippen molar-refractivity contribution in [3.8, 4) is 6.07 Å². The van der Waals surface area contributed by atoms with E-state index >= 15 is 0 Å². The maximum atomic E-state index is 12.6. The first-order valence-electron chi connectivity index (χ1n) is 10.3. The zero-order valence-electron chi connectivity index (χ0n) is 17.6. The molecule has 1 fully saturated rings. The number of nitrogens with zero attached hydrogens (tertiary/aromatic N) is 4. The lowest BCUT2D eigenvalue weighted by Crippen LogP contribution is -2.28. The van der Waals surface area contributed by atoms with Crippen molar-refractivity contribution in [2.75, 3.05) is 18.0 Å². The van der Waals surface area contributed by atoms with Gasteiger partial charge in [0.2, 0.25) is 5.91 Å². The van der Waals surface area contributed by atoms with Gasteiger partial charge in [0.25, 0.3) is 5.91 Å². The molecule has 1 aromatic heterocycles. The number of benzene rings is 1. The highest BCUT2D eigenvalue weighted by Gasteiger charge is 2.24. The summed E-state index contributed by atoms with van der Waals surface area (Å²) in [6.45, 7) is 7.03. The predicted octanol–water partition coefficient (Wildman–Crippen LogP) is 4.48. The van der Waals surface area contributed by atoms with Gasteiger partial charge in [-0.3, -0.25) is 14.5 Å². The van der Waals surface area contributed by atoms with E-state index in [1.165, 1.54) is 24.3 Å². The highest BCUT2D eigenvalue weighted by Crippen LogP contribution is 2.35. The van der Waals surface area contributed by atoms with Gasteiger partial charge in [-0.1, -0.05) is 32.0 Å². The van der Waals surface area contributed by atoms with Crippen molar-refractivity contribution < 1.29 is 9.59 Å². The number of amides is 2. The van der Waals surface area contributed by atoms with E-state index in [0.29, 0.717) is 23.9 Å². The molecule has 0 bridgehead atoms. The second-order valence-corrected chi connectivity index (χ2v) is 8.05. The van der Waals surface area contributed by atoms with Gasteiger partial charge in [0.1, 0.15) is 11.6 Å². The van der Waals surface area contributed by atoms with E-state index in [-0.39, 0.29) is 17.4 Å². The number of aryl methyl sites for hydroxylation is 2. The van der Waals surface area contributed by atoms with Gasteiger partial charge in [-0.2, -0.15) is 5.26 Å². The van der Waals surface area contributed by atoms with Crippen LogP contribution in [0.25, 0.3) is 6.08 Å². The molecule has 0 aliphatic carbocycles. The van der Waals surface area contributed by atoms with Crippen LogP contribution in [-0.2, 0) is 22.4 Å². The maximum Gasteiger partial charge on any atom is 0.264 e. The Bertz CT molecular complexity index is 990. The SMILES string of the molecule is CCc1cccc(CC)c1N(C(C)=O)c1nc(C=C(C#N)C(=O)N2CCCC2)cs1. The summed E-state index contributed by atoms with van der Waals surface area (Å²) in [6.07, 6.45) is 5.05. The van der Waals surface area contributed by atoms with E-state index in [9.17, 15) is 14.9 Å². The number of thiazole rings is 1. The molecule has 2 aromatic rings. The van der Waals surface area contributed by atoms with Crippen LogP contribution in [0.4, 0.5) is 10.8 Å². The number of carbonyl (C=O) groups excluding carboxylic acids is 2. The fraction of sp³-hybridized carbons (Fsp3) is 0.391. The van der Waals surface area contributed by atoms with Gasteiger partial charge < -0.3 is 4.90 Å². The van der Waals surface area contributed by atoms with E-state index in [0.717, 1.165) is 42.5 Å². The molecule has 2 amide bonds. The van der Waals surface area contributed by atoms with Gasteiger partial charge in [-0.15, -0.1) is 11.3 Å². The topological polar surface area (TPSA) is 77.3 Å². The molecule has 0 radical (unpaired) electrons. The number of rotatable bonds is 6. The summed E-state index contributed by atoms with van der Waals surface area (Å²) in [5, 5.41) is 11.8. The van der Waals surface area contributed by atoms with Crippen LogP contribution in [0.2, 0.25) is 0 Å². The van der Waals surface area contributed by atoms with Crippen LogP contribution in [0, 0.1) is 11.3 Å². The molecular formula is C23H26N4O2S. The average Bonchev–Trinajstić information content (AvgIpc) is 3.44. The molecule has 0 unspecified atom stereocenters. The van der Waals surface area contributed by atoms with Gasteiger partial charge in [-0.25, -0.2) is 4.98 Å². The van der Waals surface area contributed by atoms with Crippen molar-refractivity contribution >= 4 is 40.0 Å². The van der Waals surface area contributed by atoms with Crippen LogP contribution < -0.4 is 4.90 Å². The first kappa shape index (κ1) is 21.7. The third-order valence-electron chi connectivity index (χ3n) is 5.24. The summed E-state index contributed by atoms with van der Waals surface area (Å²) in [5.41, 5.74) is 3.63. The van der Waals surface area contributed by atoms with Gasteiger partial charge in [0.15, 0.2) is 5.13 Å². The Kier molecular flexibility index (Phi) is 7.01. The number of anilines is 2. The van der Waals surface area contributed by atoms with Crippen LogP contribution in [0.15, 0.2) is 29.2 Å². The van der Waals surface area contributed by atoms with Crippen LogP contribution in [0.5, 0.6) is 0 Å². The molecule has 6 nitrogen and oxygen atoms in total. The molecule has 0 spiro atoms. The number of para-hydroxylation sites is 1. The molecule has 3 rings (SSSR count).